The first kappa shape index (κ1) is 17.0. The van der Waals surface area contributed by atoms with Gasteiger partial charge in [0.25, 0.3) is 0 Å². The molecular formula is C18H23NO4. The van der Waals surface area contributed by atoms with E-state index in [2.05, 4.69) is 5.32 Å². The maximum absolute atomic E-state index is 5.38. The Kier molecular flexibility index (Phi) is 6.11. The Bertz CT molecular complexity index is 618. The van der Waals surface area contributed by atoms with Crippen LogP contribution in [0.25, 0.3) is 0 Å². The molecule has 124 valence electrons. The molecule has 0 fully saturated rings. The van der Waals surface area contributed by atoms with Crippen LogP contribution >= 0.6 is 0 Å². The minimum Gasteiger partial charge on any atom is -0.493 e. The number of rotatable bonds is 8. The van der Waals surface area contributed by atoms with Crippen molar-refractivity contribution in [2.45, 2.75) is 13.2 Å². The van der Waals surface area contributed by atoms with Crippen LogP contribution in [0.2, 0.25) is 0 Å². The number of nitrogens with one attached hydrogen (secondary N) is 1. The molecule has 0 spiro atoms. The predicted octanol–water partition coefficient (Wildman–Crippen LogP) is 3.47. The maximum atomic E-state index is 5.38. The van der Waals surface area contributed by atoms with E-state index in [1.165, 1.54) is 0 Å². The van der Waals surface area contributed by atoms with E-state index in [0.29, 0.717) is 30.4 Å². The maximum Gasteiger partial charge on any atom is 0.203 e. The molecule has 5 nitrogen and oxygen atoms in total. The molecule has 2 aromatic carbocycles. The molecule has 0 heterocycles. The number of anilines is 1. The van der Waals surface area contributed by atoms with Crippen molar-refractivity contribution in [1.82, 2.24) is 0 Å². The van der Waals surface area contributed by atoms with Crippen molar-refractivity contribution in [1.29, 1.82) is 0 Å². The Morgan fingerprint density at radius 2 is 1.52 bits per heavy atom. The minimum absolute atomic E-state index is 0.568. The summed E-state index contributed by atoms with van der Waals surface area (Å²) < 4.78 is 21.3. The van der Waals surface area contributed by atoms with Crippen LogP contribution in [0.3, 0.4) is 0 Å². The topological polar surface area (TPSA) is 49.0 Å². The number of para-hydroxylation sites is 1. The monoisotopic (exact) mass is 317 g/mol. The van der Waals surface area contributed by atoms with E-state index in [1.54, 1.807) is 28.4 Å². The van der Waals surface area contributed by atoms with Crippen LogP contribution in [0, 0.1) is 0 Å². The van der Waals surface area contributed by atoms with Crippen LogP contribution in [-0.2, 0) is 17.9 Å². The molecule has 23 heavy (non-hydrogen) atoms. The second kappa shape index (κ2) is 8.29. The molecule has 0 unspecified atom stereocenters. The molecule has 0 aliphatic heterocycles. The molecule has 0 saturated heterocycles. The third kappa shape index (κ3) is 4.07. The first-order valence-electron chi connectivity index (χ1n) is 7.33. The van der Waals surface area contributed by atoms with Gasteiger partial charge in [0.05, 0.1) is 27.9 Å². The van der Waals surface area contributed by atoms with Gasteiger partial charge in [-0.3, -0.25) is 0 Å². The fourth-order valence-electron chi connectivity index (χ4n) is 2.41. The fourth-order valence-corrected chi connectivity index (χ4v) is 2.41. The summed E-state index contributed by atoms with van der Waals surface area (Å²) in [5, 5.41) is 3.42. The summed E-state index contributed by atoms with van der Waals surface area (Å²) in [5.41, 5.74) is 3.19. The first-order chi connectivity index (χ1) is 11.2. The largest absolute Gasteiger partial charge is 0.493 e. The molecule has 1 N–H and O–H groups in total. The molecule has 2 aromatic rings. The number of hydrogen-bond acceptors (Lipinski definition) is 5. The SMILES string of the molecule is COCc1ccccc1NCc1cc(OC)c(OC)c(OC)c1. The van der Waals surface area contributed by atoms with E-state index >= 15 is 0 Å². The number of ether oxygens (including phenoxy) is 4. The quantitative estimate of drug-likeness (QED) is 0.808. The first-order valence-corrected chi connectivity index (χ1v) is 7.33. The molecule has 0 radical (unpaired) electrons. The summed E-state index contributed by atoms with van der Waals surface area (Å²) in [6, 6.07) is 11.9. The highest BCUT2D eigenvalue weighted by Gasteiger charge is 2.13. The van der Waals surface area contributed by atoms with Crippen LogP contribution in [0.15, 0.2) is 36.4 Å². The Morgan fingerprint density at radius 1 is 0.870 bits per heavy atom. The van der Waals surface area contributed by atoms with Gasteiger partial charge in [0.2, 0.25) is 5.75 Å². The van der Waals surface area contributed by atoms with Gasteiger partial charge >= 0.3 is 0 Å². The van der Waals surface area contributed by atoms with Gasteiger partial charge in [-0.15, -0.1) is 0 Å². The van der Waals surface area contributed by atoms with Crippen LogP contribution in [-0.4, -0.2) is 28.4 Å². The van der Waals surface area contributed by atoms with Gasteiger partial charge in [0, 0.05) is 24.9 Å². The highest BCUT2D eigenvalue weighted by atomic mass is 16.5. The zero-order valence-corrected chi connectivity index (χ0v) is 14.0. The van der Waals surface area contributed by atoms with Gasteiger partial charge in [-0.05, 0) is 23.8 Å². The Morgan fingerprint density at radius 3 is 2.09 bits per heavy atom. The summed E-state index contributed by atoms with van der Waals surface area (Å²) in [7, 11) is 6.51. The Labute approximate surface area is 137 Å². The molecule has 0 saturated carbocycles. The lowest BCUT2D eigenvalue weighted by atomic mass is 10.1. The third-order valence-electron chi connectivity index (χ3n) is 3.52. The lowest BCUT2D eigenvalue weighted by Crippen LogP contribution is -2.04. The highest BCUT2D eigenvalue weighted by molar-refractivity contribution is 5.56. The lowest BCUT2D eigenvalue weighted by molar-refractivity contribution is 0.185. The molecule has 0 aliphatic carbocycles. The van der Waals surface area contributed by atoms with E-state index in [4.69, 9.17) is 18.9 Å². The molecule has 0 atom stereocenters. The normalized spacial score (nSPS) is 10.3. The highest BCUT2D eigenvalue weighted by Crippen LogP contribution is 2.38. The lowest BCUT2D eigenvalue weighted by Gasteiger charge is -2.16. The molecule has 2 rings (SSSR count). The van der Waals surface area contributed by atoms with Gasteiger partial charge < -0.3 is 24.3 Å². The smallest absolute Gasteiger partial charge is 0.203 e. The van der Waals surface area contributed by atoms with Crippen LogP contribution in [0.4, 0.5) is 5.69 Å². The van der Waals surface area contributed by atoms with Crippen LogP contribution < -0.4 is 19.5 Å². The zero-order valence-electron chi connectivity index (χ0n) is 14.0. The standard InChI is InChI=1S/C18H23NO4/c1-20-12-14-7-5-6-8-15(14)19-11-13-9-16(21-2)18(23-4)17(10-13)22-3/h5-10,19H,11-12H2,1-4H3. The van der Waals surface area contributed by atoms with Crippen molar-refractivity contribution in [3.63, 3.8) is 0 Å². The average Bonchev–Trinajstić information content (AvgIpc) is 2.60. The van der Waals surface area contributed by atoms with Crippen molar-refractivity contribution in [2.75, 3.05) is 33.8 Å². The van der Waals surface area contributed by atoms with Crippen molar-refractivity contribution in [3.8, 4) is 17.2 Å². The van der Waals surface area contributed by atoms with Crippen LogP contribution in [0.5, 0.6) is 17.2 Å². The van der Waals surface area contributed by atoms with Gasteiger partial charge in [0.1, 0.15) is 0 Å². The summed E-state index contributed by atoms with van der Waals surface area (Å²) in [4.78, 5) is 0. The predicted molar refractivity (Wildman–Crippen MR) is 90.6 cm³/mol. The molecule has 0 aliphatic rings. The Hall–Kier alpha value is -2.40. The van der Waals surface area contributed by atoms with Crippen molar-refractivity contribution < 1.29 is 18.9 Å². The van der Waals surface area contributed by atoms with E-state index < -0.39 is 0 Å². The van der Waals surface area contributed by atoms with Crippen LogP contribution in [0.1, 0.15) is 11.1 Å². The number of benzene rings is 2. The summed E-state index contributed by atoms with van der Waals surface area (Å²) >= 11 is 0. The molecule has 0 bridgehead atoms. The second-order valence-corrected chi connectivity index (χ2v) is 4.98. The second-order valence-electron chi connectivity index (χ2n) is 4.98. The third-order valence-corrected chi connectivity index (χ3v) is 3.52. The molecule has 5 heteroatoms. The van der Waals surface area contributed by atoms with Gasteiger partial charge in [0.15, 0.2) is 11.5 Å². The summed E-state index contributed by atoms with van der Waals surface area (Å²) in [5.74, 6) is 1.89. The minimum atomic E-state index is 0.568. The zero-order chi connectivity index (χ0) is 16.7. The van der Waals surface area contributed by atoms with Gasteiger partial charge in [-0.1, -0.05) is 18.2 Å². The average molecular weight is 317 g/mol. The Balaban J connectivity index is 2.21. The van der Waals surface area contributed by atoms with Crippen molar-refractivity contribution in [3.05, 3.63) is 47.5 Å². The van der Waals surface area contributed by atoms with E-state index in [9.17, 15) is 0 Å². The van der Waals surface area contributed by atoms with Crippen molar-refractivity contribution in [2.24, 2.45) is 0 Å². The number of hydrogen-bond donors (Lipinski definition) is 1. The molecule has 0 amide bonds. The molecule has 0 aromatic heterocycles. The number of methoxy groups -OCH3 is 4. The van der Waals surface area contributed by atoms with Gasteiger partial charge in [-0.25, -0.2) is 0 Å². The fraction of sp³-hybridized carbons (Fsp3) is 0.333. The van der Waals surface area contributed by atoms with E-state index in [0.717, 1.165) is 16.8 Å². The van der Waals surface area contributed by atoms with Gasteiger partial charge in [-0.2, -0.15) is 0 Å². The summed E-state index contributed by atoms with van der Waals surface area (Å²) in [6.07, 6.45) is 0. The van der Waals surface area contributed by atoms with E-state index in [1.807, 2.05) is 36.4 Å². The van der Waals surface area contributed by atoms with E-state index in [-0.39, 0.29) is 0 Å². The van der Waals surface area contributed by atoms with Crippen molar-refractivity contribution >= 4 is 5.69 Å². The molecular weight excluding hydrogens is 294 g/mol. The summed E-state index contributed by atoms with van der Waals surface area (Å²) in [6.45, 7) is 1.20.